The first-order valence-corrected chi connectivity index (χ1v) is 4.49. The van der Waals surface area contributed by atoms with Gasteiger partial charge in [-0.1, -0.05) is 11.3 Å². The van der Waals surface area contributed by atoms with E-state index in [2.05, 4.69) is 20.8 Å². The Morgan fingerprint density at radius 3 is 1.91 bits per heavy atom. The van der Waals surface area contributed by atoms with Crippen molar-refractivity contribution in [3.05, 3.63) is 0 Å². The Kier molecular flexibility index (Phi) is 3.10. The largest absolute Gasteiger partial charge is 0.360 e. The first-order valence-electron chi connectivity index (χ1n) is 3.68. The molecule has 62 valence electrons. The van der Waals surface area contributed by atoms with Gasteiger partial charge in [-0.05, 0) is 13.8 Å². The smallest absolute Gasteiger partial charge is 0.207 e. The summed E-state index contributed by atoms with van der Waals surface area (Å²) >= 11 is 1.54. The Bertz CT molecular complexity index is 190. The lowest BCUT2D eigenvalue weighted by Gasteiger charge is -1.93. The molecule has 4 nitrogen and oxygen atoms in total. The minimum Gasteiger partial charge on any atom is -0.360 e. The summed E-state index contributed by atoms with van der Waals surface area (Å²) in [4.78, 5) is 0. The predicted octanol–water partition coefficient (Wildman–Crippen LogP) is 1.40. The van der Waals surface area contributed by atoms with Crippen molar-refractivity contribution in [2.75, 3.05) is 23.7 Å². The topological polar surface area (TPSA) is 49.8 Å². The zero-order valence-electron chi connectivity index (χ0n) is 6.72. The molecule has 1 aromatic rings. The van der Waals surface area contributed by atoms with Crippen molar-refractivity contribution in [2.24, 2.45) is 0 Å². The molecule has 0 unspecified atom stereocenters. The van der Waals surface area contributed by atoms with Gasteiger partial charge in [0.25, 0.3) is 0 Å². The fraction of sp³-hybridized carbons (Fsp3) is 0.667. The second-order valence-electron chi connectivity index (χ2n) is 1.97. The molecule has 0 aromatic carbocycles. The third kappa shape index (κ3) is 2.34. The van der Waals surface area contributed by atoms with Crippen LogP contribution in [0.15, 0.2) is 0 Å². The summed E-state index contributed by atoms with van der Waals surface area (Å²) in [7, 11) is 0. The molecule has 11 heavy (non-hydrogen) atoms. The minimum absolute atomic E-state index is 0.878. The second-order valence-corrected chi connectivity index (χ2v) is 2.95. The van der Waals surface area contributed by atoms with E-state index >= 15 is 0 Å². The number of anilines is 2. The number of aromatic nitrogens is 2. The molecule has 0 radical (unpaired) electrons. The SMILES string of the molecule is CCNc1nnc(NCC)s1. The molecule has 0 amide bonds. The highest BCUT2D eigenvalue weighted by molar-refractivity contribution is 7.19. The number of nitrogens with one attached hydrogen (secondary N) is 2. The first kappa shape index (κ1) is 8.26. The maximum absolute atomic E-state index is 3.92. The van der Waals surface area contributed by atoms with Gasteiger partial charge >= 0.3 is 0 Å². The van der Waals surface area contributed by atoms with E-state index in [1.54, 1.807) is 0 Å². The number of hydrogen-bond acceptors (Lipinski definition) is 5. The van der Waals surface area contributed by atoms with Crippen LogP contribution >= 0.6 is 11.3 Å². The van der Waals surface area contributed by atoms with Crippen LogP contribution < -0.4 is 10.6 Å². The minimum atomic E-state index is 0.878. The molecule has 0 aliphatic carbocycles. The normalized spacial score (nSPS) is 9.64. The number of nitrogens with zero attached hydrogens (tertiary/aromatic N) is 2. The van der Waals surface area contributed by atoms with E-state index in [9.17, 15) is 0 Å². The average Bonchev–Trinajstić information content (AvgIpc) is 2.38. The van der Waals surface area contributed by atoms with Crippen LogP contribution in [0, 0.1) is 0 Å². The maximum Gasteiger partial charge on any atom is 0.207 e. The predicted molar refractivity (Wildman–Crippen MR) is 48.2 cm³/mol. The molecular formula is C6H12N4S. The molecule has 2 N–H and O–H groups in total. The first-order chi connectivity index (χ1) is 5.36. The Morgan fingerprint density at radius 1 is 1.09 bits per heavy atom. The lowest BCUT2D eigenvalue weighted by atomic mass is 10.8. The highest BCUT2D eigenvalue weighted by Crippen LogP contribution is 2.18. The molecular weight excluding hydrogens is 160 g/mol. The third-order valence-corrected chi connectivity index (χ3v) is 1.92. The molecule has 0 saturated carbocycles. The van der Waals surface area contributed by atoms with Crippen LogP contribution in [0.3, 0.4) is 0 Å². The lowest BCUT2D eigenvalue weighted by molar-refractivity contribution is 1.05. The van der Waals surface area contributed by atoms with E-state index in [1.807, 2.05) is 13.8 Å². The van der Waals surface area contributed by atoms with Gasteiger partial charge in [0, 0.05) is 13.1 Å². The molecule has 0 atom stereocenters. The molecule has 0 bridgehead atoms. The van der Waals surface area contributed by atoms with Gasteiger partial charge in [0.2, 0.25) is 10.3 Å². The van der Waals surface area contributed by atoms with Gasteiger partial charge in [-0.15, -0.1) is 10.2 Å². The fourth-order valence-electron chi connectivity index (χ4n) is 0.669. The van der Waals surface area contributed by atoms with Crippen LogP contribution in [-0.4, -0.2) is 23.3 Å². The van der Waals surface area contributed by atoms with E-state index in [4.69, 9.17) is 0 Å². The summed E-state index contributed by atoms with van der Waals surface area (Å²) in [6, 6.07) is 0. The Balaban J connectivity index is 2.51. The molecule has 5 heteroatoms. The Hall–Kier alpha value is -0.840. The van der Waals surface area contributed by atoms with Crippen LogP contribution in [0.5, 0.6) is 0 Å². The van der Waals surface area contributed by atoms with Crippen molar-refractivity contribution in [3.8, 4) is 0 Å². The monoisotopic (exact) mass is 172 g/mol. The van der Waals surface area contributed by atoms with Crippen molar-refractivity contribution in [1.82, 2.24) is 10.2 Å². The van der Waals surface area contributed by atoms with Gasteiger partial charge in [0.05, 0.1) is 0 Å². The Morgan fingerprint density at radius 2 is 1.55 bits per heavy atom. The van der Waals surface area contributed by atoms with E-state index in [-0.39, 0.29) is 0 Å². The zero-order chi connectivity index (χ0) is 8.10. The molecule has 1 heterocycles. The van der Waals surface area contributed by atoms with E-state index < -0.39 is 0 Å². The van der Waals surface area contributed by atoms with Gasteiger partial charge in [-0.3, -0.25) is 0 Å². The summed E-state index contributed by atoms with van der Waals surface area (Å²) in [6.07, 6.45) is 0. The van der Waals surface area contributed by atoms with Crippen LogP contribution in [0.4, 0.5) is 10.3 Å². The standard InChI is InChI=1S/C6H12N4S/c1-3-7-5-9-10-6(11-5)8-4-2/h3-4H2,1-2H3,(H,7,9)(H,8,10). The number of rotatable bonds is 4. The van der Waals surface area contributed by atoms with Crippen LogP contribution in [-0.2, 0) is 0 Å². The van der Waals surface area contributed by atoms with Crippen LogP contribution in [0.1, 0.15) is 13.8 Å². The summed E-state index contributed by atoms with van der Waals surface area (Å²) in [5.41, 5.74) is 0. The lowest BCUT2D eigenvalue weighted by Crippen LogP contribution is -1.94. The van der Waals surface area contributed by atoms with Crippen LogP contribution in [0.25, 0.3) is 0 Å². The summed E-state index contributed by atoms with van der Waals surface area (Å²) in [6.45, 7) is 5.85. The summed E-state index contributed by atoms with van der Waals surface area (Å²) < 4.78 is 0. The molecule has 1 aromatic heterocycles. The van der Waals surface area contributed by atoms with E-state index in [0.29, 0.717) is 0 Å². The molecule has 0 fully saturated rings. The van der Waals surface area contributed by atoms with Gasteiger partial charge in [-0.25, -0.2) is 0 Å². The molecule has 1 rings (SSSR count). The highest BCUT2D eigenvalue weighted by atomic mass is 32.1. The molecule has 0 aliphatic heterocycles. The van der Waals surface area contributed by atoms with Crippen molar-refractivity contribution in [3.63, 3.8) is 0 Å². The van der Waals surface area contributed by atoms with Gasteiger partial charge in [-0.2, -0.15) is 0 Å². The van der Waals surface area contributed by atoms with Gasteiger partial charge in [0.15, 0.2) is 0 Å². The highest BCUT2D eigenvalue weighted by Gasteiger charge is 1.99. The average molecular weight is 172 g/mol. The summed E-state index contributed by atoms with van der Waals surface area (Å²) in [5, 5.41) is 15.8. The molecule has 0 spiro atoms. The fourth-order valence-corrected chi connectivity index (χ4v) is 1.45. The van der Waals surface area contributed by atoms with Gasteiger partial charge in [0.1, 0.15) is 0 Å². The summed E-state index contributed by atoms with van der Waals surface area (Å²) in [5.74, 6) is 0. The van der Waals surface area contributed by atoms with E-state index in [0.717, 1.165) is 23.4 Å². The second kappa shape index (κ2) is 4.12. The zero-order valence-corrected chi connectivity index (χ0v) is 7.53. The van der Waals surface area contributed by atoms with Crippen LogP contribution in [0.2, 0.25) is 0 Å². The van der Waals surface area contributed by atoms with Crippen molar-refractivity contribution < 1.29 is 0 Å². The van der Waals surface area contributed by atoms with E-state index in [1.165, 1.54) is 11.3 Å². The molecule has 0 aliphatic rings. The van der Waals surface area contributed by atoms with Crippen molar-refractivity contribution in [1.29, 1.82) is 0 Å². The van der Waals surface area contributed by atoms with Crippen molar-refractivity contribution in [2.45, 2.75) is 13.8 Å². The third-order valence-electron chi connectivity index (χ3n) is 1.08. The molecule has 0 saturated heterocycles. The van der Waals surface area contributed by atoms with Crippen molar-refractivity contribution >= 4 is 21.6 Å². The van der Waals surface area contributed by atoms with Gasteiger partial charge < -0.3 is 10.6 Å². The number of hydrogen-bond donors (Lipinski definition) is 2. The quantitative estimate of drug-likeness (QED) is 0.720. The Labute approximate surface area is 70.0 Å². The maximum atomic E-state index is 3.92.